The summed E-state index contributed by atoms with van der Waals surface area (Å²) in [6.07, 6.45) is 6.48. The summed E-state index contributed by atoms with van der Waals surface area (Å²) in [7, 11) is 0. The molecular formula is C20H22N2O2. The number of fused-ring (bicyclic) bond motifs is 1. The minimum absolute atomic E-state index is 0.0804. The van der Waals surface area contributed by atoms with E-state index in [1.165, 1.54) is 29.9 Å². The van der Waals surface area contributed by atoms with Crippen molar-refractivity contribution in [1.82, 2.24) is 4.90 Å². The topological polar surface area (TPSA) is 40.6 Å². The highest BCUT2D eigenvalue weighted by Gasteiger charge is 2.46. The fourth-order valence-corrected chi connectivity index (χ4v) is 4.10. The van der Waals surface area contributed by atoms with Crippen LogP contribution in [-0.2, 0) is 9.59 Å². The quantitative estimate of drug-likeness (QED) is 0.785. The first kappa shape index (κ1) is 15.2. The number of hydrogen-bond donors (Lipinski definition) is 0. The fourth-order valence-electron chi connectivity index (χ4n) is 4.10. The van der Waals surface area contributed by atoms with Crippen LogP contribution in [0.25, 0.3) is 0 Å². The Morgan fingerprint density at radius 1 is 1.00 bits per heavy atom. The van der Waals surface area contributed by atoms with Gasteiger partial charge in [0, 0.05) is 30.8 Å². The van der Waals surface area contributed by atoms with Gasteiger partial charge in [0.1, 0.15) is 0 Å². The van der Waals surface area contributed by atoms with Gasteiger partial charge in [-0.25, -0.2) is 4.90 Å². The third-order valence-electron chi connectivity index (χ3n) is 5.30. The zero-order valence-electron chi connectivity index (χ0n) is 14.0. The molecule has 1 unspecified atom stereocenters. The normalized spacial score (nSPS) is 24.4. The Hall–Kier alpha value is -2.36. The lowest BCUT2D eigenvalue weighted by molar-refractivity contribution is -0.122. The maximum absolute atomic E-state index is 12.9. The van der Waals surface area contributed by atoms with Crippen molar-refractivity contribution < 1.29 is 9.59 Å². The fraction of sp³-hybridized carbons (Fsp3) is 0.400. The van der Waals surface area contributed by atoms with Gasteiger partial charge in [-0.1, -0.05) is 18.2 Å². The third-order valence-corrected chi connectivity index (χ3v) is 5.30. The number of piperidine rings is 1. The Morgan fingerprint density at radius 3 is 2.42 bits per heavy atom. The van der Waals surface area contributed by atoms with Crippen LogP contribution in [0.1, 0.15) is 32.6 Å². The number of rotatable bonds is 2. The van der Waals surface area contributed by atoms with Crippen molar-refractivity contribution in [3.05, 3.63) is 53.3 Å². The lowest BCUT2D eigenvalue weighted by atomic mass is 9.86. The van der Waals surface area contributed by atoms with Gasteiger partial charge in [-0.3, -0.25) is 9.59 Å². The molecule has 2 aliphatic heterocycles. The van der Waals surface area contributed by atoms with Crippen molar-refractivity contribution in [2.45, 2.75) is 32.6 Å². The second kappa shape index (κ2) is 5.93. The first-order chi connectivity index (χ1) is 11.7. The minimum Gasteiger partial charge on any atom is -0.375 e. The van der Waals surface area contributed by atoms with Crippen LogP contribution in [0, 0.1) is 5.92 Å². The summed E-state index contributed by atoms with van der Waals surface area (Å²) in [6.45, 7) is 4.09. The SMILES string of the molecule is CC1=C2C(=O)N(c3ccccc3)C(=O)C2CC(N2CCCCC2)=C1. The number of allylic oxidation sites excluding steroid dienone is 3. The van der Waals surface area contributed by atoms with Crippen LogP contribution in [0.2, 0.25) is 0 Å². The number of para-hydroxylation sites is 1. The predicted molar refractivity (Wildman–Crippen MR) is 93.2 cm³/mol. The van der Waals surface area contributed by atoms with E-state index < -0.39 is 0 Å². The van der Waals surface area contributed by atoms with E-state index in [1.807, 2.05) is 37.3 Å². The first-order valence-electron chi connectivity index (χ1n) is 8.76. The molecule has 0 bridgehead atoms. The van der Waals surface area contributed by atoms with Crippen molar-refractivity contribution in [1.29, 1.82) is 0 Å². The summed E-state index contributed by atoms with van der Waals surface area (Å²) in [5.41, 5.74) is 3.52. The standard InChI is InChI=1S/C20H22N2O2/c1-14-12-16(21-10-6-3-7-11-21)13-17-18(14)20(24)22(19(17)23)15-8-4-2-5-9-15/h2,4-5,8-9,12,17H,3,6-7,10-11,13H2,1H3. The molecular weight excluding hydrogens is 300 g/mol. The van der Waals surface area contributed by atoms with E-state index >= 15 is 0 Å². The third kappa shape index (κ3) is 2.37. The van der Waals surface area contributed by atoms with Crippen LogP contribution in [-0.4, -0.2) is 29.8 Å². The van der Waals surface area contributed by atoms with Gasteiger partial charge in [0.15, 0.2) is 0 Å². The van der Waals surface area contributed by atoms with Gasteiger partial charge >= 0.3 is 0 Å². The number of hydrogen-bond acceptors (Lipinski definition) is 3. The van der Waals surface area contributed by atoms with Gasteiger partial charge in [-0.15, -0.1) is 0 Å². The van der Waals surface area contributed by atoms with Crippen molar-refractivity contribution >= 4 is 17.5 Å². The van der Waals surface area contributed by atoms with Gasteiger partial charge in [0.25, 0.3) is 5.91 Å². The highest BCUT2D eigenvalue weighted by molar-refractivity contribution is 6.29. The summed E-state index contributed by atoms with van der Waals surface area (Å²) < 4.78 is 0. The second-order valence-electron chi connectivity index (χ2n) is 6.85. The molecule has 2 saturated heterocycles. The average Bonchev–Trinajstić information content (AvgIpc) is 2.87. The molecule has 0 radical (unpaired) electrons. The van der Waals surface area contributed by atoms with Crippen LogP contribution in [0.3, 0.4) is 0 Å². The molecule has 1 aromatic carbocycles. The molecule has 0 spiro atoms. The van der Waals surface area contributed by atoms with E-state index in [1.54, 1.807) is 0 Å². The molecule has 1 aliphatic carbocycles. The largest absolute Gasteiger partial charge is 0.375 e. The Bertz CT molecular complexity index is 742. The number of imide groups is 1. The van der Waals surface area contributed by atoms with Crippen LogP contribution in [0.15, 0.2) is 53.3 Å². The zero-order valence-corrected chi connectivity index (χ0v) is 14.0. The highest BCUT2D eigenvalue weighted by Crippen LogP contribution is 2.40. The van der Waals surface area contributed by atoms with Gasteiger partial charge in [0.2, 0.25) is 5.91 Å². The van der Waals surface area contributed by atoms with Gasteiger partial charge in [0.05, 0.1) is 11.6 Å². The van der Waals surface area contributed by atoms with Crippen LogP contribution in [0.4, 0.5) is 5.69 Å². The molecule has 1 aromatic rings. The molecule has 124 valence electrons. The number of carbonyl (C=O) groups excluding carboxylic acids is 2. The lowest BCUT2D eigenvalue weighted by Gasteiger charge is -2.34. The van der Waals surface area contributed by atoms with Crippen molar-refractivity contribution in [3.8, 4) is 0 Å². The number of likely N-dealkylation sites (tertiary alicyclic amines) is 1. The van der Waals surface area contributed by atoms with Crippen molar-refractivity contribution in [3.63, 3.8) is 0 Å². The molecule has 4 nitrogen and oxygen atoms in total. The summed E-state index contributed by atoms with van der Waals surface area (Å²) in [4.78, 5) is 29.6. The van der Waals surface area contributed by atoms with Gasteiger partial charge < -0.3 is 4.90 Å². The molecule has 3 aliphatic rings. The van der Waals surface area contributed by atoms with E-state index in [0.717, 1.165) is 18.7 Å². The Balaban J connectivity index is 1.66. The van der Waals surface area contributed by atoms with Crippen LogP contribution < -0.4 is 4.90 Å². The summed E-state index contributed by atoms with van der Waals surface area (Å²) in [6, 6.07) is 9.25. The molecule has 2 amide bonds. The highest BCUT2D eigenvalue weighted by atomic mass is 16.2. The minimum atomic E-state index is -0.320. The molecule has 24 heavy (non-hydrogen) atoms. The van der Waals surface area contributed by atoms with E-state index in [9.17, 15) is 9.59 Å². The van der Waals surface area contributed by atoms with E-state index in [4.69, 9.17) is 0 Å². The smallest absolute Gasteiger partial charge is 0.262 e. The second-order valence-corrected chi connectivity index (χ2v) is 6.85. The Morgan fingerprint density at radius 2 is 1.71 bits per heavy atom. The number of amides is 2. The first-order valence-corrected chi connectivity index (χ1v) is 8.76. The maximum atomic E-state index is 12.9. The molecule has 0 N–H and O–H groups in total. The number of benzene rings is 1. The molecule has 4 rings (SSSR count). The van der Waals surface area contributed by atoms with Gasteiger partial charge in [-0.2, -0.15) is 0 Å². The molecule has 2 fully saturated rings. The monoisotopic (exact) mass is 322 g/mol. The zero-order chi connectivity index (χ0) is 16.7. The Labute approximate surface area is 142 Å². The van der Waals surface area contributed by atoms with Crippen LogP contribution in [0.5, 0.6) is 0 Å². The summed E-state index contributed by atoms with van der Waals surface area (Å²) >= 11 is 0. The summed E-state index contributed by atoms with van der Waals surface area (Å²) in [5.74, 6) is -0.551. The molecule has 0 saturated carbocycles. The van der Waals surface area contributed by atoms with E-state index in [0.29, 0.717) is 17.7 Å². The Kier molecular flexibility index (Phi) is 3.75. The number of nitrogens with zero attached hydrogens (tertiary/aromatic N) is 2. The molecule has 1 atom stereocenters. The molecule has 2 heterocycles. The lowest BCUT2D eigenvalue weighted by Crippen LogP contribution is -2.33. The summed E-state index contributed by atoms with van der Waals surface area (Å²) in [5, 5.41) is 0. The predicted octanol–water partition coefficient (Wildman–Crippen LogP) is 3.27. The van der Waals surface area contributed by atoms with Crippen LogP contribution >= 0.6 is 0 Å². The molecule has 0 aromatic heterocycles. The van der Waals surface area contributed by atoms with Gasteiger partial charge in [-0.05, 0) is 50.0 Å². The number of carbonyl (C=O) groups is 2. The van der Waals surface area contributed by atoms with E-state index in [-0.39, 0.29) is 17.7 Å². The van der Waals surface area contributed by atoms with Crippen molar-refractivity contribution in [2.24, 2.45) is 5.92 Å². The molecule has 4 heteroatoms. The van der Waals surface area contributed by atoms with E-state index in [2.05, 4.69) is 11.0 Å². The number of anilines is 1. The van der Waals surface area contributed by atoms with Crippen molar-refractivity contribution in [2.75, 3.05) is 18.0 Å². The maximum Gasteiger partial charge on any atom is 0.262 e. The average molecular weight is 322 g/mol.